The van der Waals surface area contributed by atoms with Gasteiger partial charge in [-0.1, -0.05) is 23.8 Å². The molecule has 0 fully saturated rings. The molecule has 1 N–H and O–H groups in total. The monoisotopic (exact) mass is 272 g/mol. The highest BCUT2D eigenvalue weighted by atomic mass is 16.5. The summed E-state index contributed by atoms with van der Waals surface area (Å²) in [6.07, 6.45) is 0. The maximum absolute atomic E-state index is 10.5. The van der Waals surface area contributed by atoms with Gasteiger partial charge in [-0.05, 0) is 36.8 Å². The average molecular weight is 272 g/mol. The van der Waals surface area contributed by atoms with Crippen molar-refractivity contribution in [2.45, 2.75) is 6.92 Å². The molecule has 0 radical (unpaired) electrons. The molecule has 0 aliphatic heterocycles. The van der Waals surface area contributed by atoms with Gasteiger partial charge in [0.15, 0.2) is 6.61 Å². The molecular weight excluding hydrogens is 256 g/mol. The third-order valence-electron chi connectivity index (χ3n) is 2.86. The number of hydrogen-bond donors (Lipinski definition) is 1. The fourth-order valence-electron chi connectivity index (χ4n) is 1.95. The summed E-state index contributed by atoms with van der Waals surface area (Å²) in [5.41, 5.74) is 3.00. The lowest BCUT2D eigenvalue weighted by Crippen LogP contribution is -2.09. The largest absolute Gasteiger partial charge is 0.496 e. The van der Waals surface area contributed by atoms with Crippen molar-refractivity contribution in [2.24, 2.45) is 0 Å². The summed E-state index contributed by atoms with van der Waals surface area (Å²) >= 11 is 0. The molecule has 4 heteroatoms. The van der Waals surface area contributed by atoms with Crippen molar-refractivity contribution in [3.63, 3.8) is 0 Å². The number of carboxylic acid groups (broad SMARTS) is 1. The minimum atomic E-state index is -0.997. The maximum Gasteiger partial charge on any atom is 0.341 e. The second kappa shape index (κ2) is 6.10. The van der Waals surface area contributed by atoms with Gasteiger partial charge in [-0.25, -0.2) is 4.79 Å². The Hall–Kier alpha value is -2.49. The van der Waals surface area contributed by atoms with Crippen molar-refractivity contribution < 1.29 is 19.4 Å². The van der Waals surface area contributed by atoms with Crippen LogP contribution < -0.4 is 9.47 Å². The van der Waals surface area contributed by atoms with E-state index in [2.05, 4.69) is 0 Å². The highest BCUT2D eigenvalue weighted by Gasteiger charge is 2.07. The van der Waals surface area contributed by atoms with E-state index >= 15 is 0 Å². The Morgan fingerprint density at radius 1 is 1.20 bits per heavy atom. The standard InChI is InChI=1S/C16H16O4/c1-11-6-7-15(19-2)14(8-11)12-4-3-5-13(9-12)20-10-16(17)18/h3-9H,10H2,1-2H3,(H,17,18). The van der Waals surface area contributed by atoms with Crippen LogP contribution in [0.15, 0.2) is 42.5 Å². The number of aliphatic carboxylic acids is 1. The molecule has 0 saturated heterocycles. The molecule has 0 aliphatic rings. The molecule has 0 bridgehead atoms. The van der Waals surface area contributed by atoms with Crippen LogP contribution in [0.2, 0.25) is 0 Å². The first kappa shape index (κ1) is 13.9. The Bertz CT molecular complexity index is 620. The normalized spacial score (nSPS) is 10.1. The highest BCUT2D eigenvalue weighted by molar-refractivity contribution is 5.72. The predicted molar refractivity (Wildman–Crippen MR) is 76.3 cm³/mol. The quantitative estimate of drug-likeness (QED) is 0.908. The van der Waals surface area contributed by atoms with Crippen molar-refractivity contribution in [3.8, 4) is 22.6 Å². The smallest absolute Gasteiger partial charge is 0.341 e. The highest BCUT2D eigenvalue weighted by Crippen LogP contribution is 2.32. The Balaban J connectivity index is 2.35. The molecule has 0 saturated carbocycles. The number of rotatable bonds is 5. The predicted octanol–water partition coefficient (Wildman–Crippen LogP) is 3.13. The number of hydrogen-bond acceptors (Lipinski definition) is 3. The molecule has 4 nitrogen and oxygen atoms in total. The molecule has 20 heavy (non-hydrogen) atoms. The van der Waals surface area contributed by atoms with E-state index in [1.165, 1.54) is 0 Å². The molecule has 0 aromatic heterocycles. The zero-order valence-electron chi connectivity index (χ0n) is 11.4. The summed E-state index contributed by atoms with van der Waals surface area (Å²) < 4.78 is 10.6. The third kappa shape index (κ3) is 3.29. The van der Waals surface area contributed by atoms with Crippen LogP contribution in [-0.2, 0) is 4.79 Å². The van der Waals surface area contributed by atoms with Crippen LogP contribution in [0, 0.1) is 6.92 Å². The van der Waals surface area contributed by atoms with Gasteiger partial charge < -0.3 is 14.6 Å². The van der Waals surface area contributed by atoms with E-state index in [1.807, 2.05) is 37.3 Å². The SMILES string of the molecule is COc1ccc(C)cc1-c1cccc(OCC(=O)O)c1. The average Bonchev–Trinajstić information content (AvgIpc) is 2.45. The number of aryl methyl sites for hydroxylation is 1. The topological polar surface area (TPSA) is 55.8 Å². The van der Waals surface area contributed by atoms with E-state index in [9.17, 15) is 4.79 Å². The van der Waals surface area contributed by atoms with Gasteiger partial charge in [-0.3, -0.25) is 0 Å². The van der Waals surface area contributed by atoms with Gasteiger partial charge in [-0.2, -0.15) is 0 Å². The lowest BCUT2D eigenvalue weighted by molar-refractivity contribution is -0.139. The molecule has 2 aromatic carbocycles. The van der Waals surface area contributed by atoms with Crippen LogP contribution in [0.4, 0.5) is 0 Å². The summed E-state index contributed by atoms with van der Waals surface area (Å²) in [6, 6.07) is 13.2. The van der Waals surface area contributed by atoms with Gasteiger partial charge >= 0.3 is 5.97 Å². The minimum absolute atomic E-state index is 0.353. The molecule has 0 unspecified atom stereocenters. The summed E-state index contributed by atoms with van der Waals surface area (Å²) in [6.45, 7) is 1.65. The van der Waals surface area contributed by atoms with Crippen molar-refractivity contribution in [2.75, 3.05) is 13.7 Å². The molecule has 0 amide bonds. The molecule has 2 rings (SSSR count). The molecule has 0 aliphatic carbocycles. The molecule has 2 aromatic rings. The van der Waals surface area contributed by atoms with Crippen molar-refractivity contribution in [3.05, 3.63) is 48.0 Å². The van der Waals surface area contributed by atoms with Crippen LogP contribution >= 0.6 is 0 Å². The first-order valence-corrected chi connectivity index (χ1v) is 6.20. The molecule has 0 atom stereocenters. The number of ether oxygens (including phenoxy) is 2. The summed E-state index contributed by atoms with van der Waals surface area (Å²) in [5.74, 6) is 0.294. The summed E-state index contributed by atoms with van der Waals surface area (Å²) in [4.78, 5) is 10.5. The van der Waals surface area contributed by atoms with E-state index in [1.54, 1.807) is 19.2 Å². The number of carboxylic acids is 1. The van der Waals surface area contributed by atoms with Crippen LogP contribution in [0.5, 0.6) is 11.5 Å². The zero-order valence-corrected chi connectivity index (χ0v) is 11.4. The van der Waals surface area contributed by atoms with Gasteiger partial charge in [0.25, 0.3) is 0 Å². The lowest BCUT2D eigenvalue weighted by Gasteiger charge is -2.11. The summed E-state index contributed by atoms with van der Waals surface area (Å²) in [5, 5.41) is 8.63. The van der Waals surface area contributed by atoms with E-state index in [-0.39, 0.29) is 6.61 Å². The van der Waals surface area contributed by atoms with Crippen molar-refractivity contribution in [1.29, 1.82) is 0 Å². The van der Waals surface area contributed by atoms with Crippen LogP contribution in [0.1, 0.15) is 5.56 Å². The first-order valence-electron chi connectivity index (χ1n) is 6.20. The Morgan fingerprint density at radius 3 is 2.70 bits per heavy atom. The van der Waals surface area contributed by atoms with Crippen LogP contribution in [-0.4, -0.2) is 24.8 Å². The maximum atomic E-state index is 10.5. The zero-order chi connectivity index (χ0) is 14.5. The summed E-state index contributed by atoms with van der Waals surface area (Å²) in [7, 11) is 1.62. The van der Waals surface area contributed by atoms with E-state index in [0.717, 1.165) is 22.4 Å². The molecular formula is C16H16O4. The van der Waals surface area contributed by atoms with Crippen LogP contribution in [0.3, 0.4) is 0 Å². The Labute approximate surface area is 117 Å². The molecule has 104 valence electrons. The fourth-order valence-corrected chi connectivity index (χ4v) is 1.95. The fraction of sp³-hybridized carbons (Fsp3) is 0.188. The van der Waals surface area contributed by atoms with E-state index in [0.29, 0.717) is 5.75 Å². The van der Waals surface area contributed by atoms with Gasteiger partial charge in [0.1, 0.15) is 11.5 Å². The second-order valence-corrected chi connectivity index (χ2v) is 4.41. The number of carbonyl (C=O) groups is 1. The number of benzene rings is 2. The van der Waals surface area contributed by atoms with Gasteiger partial charge in [0.05, 0.1) is 7.11 Å². The van der Waals surface area contributed by atoms with Gasteiger partial charge in [0, 0.05) is 5.56 Å². The van der Waals surface area contributed by atoms with Crippen molar-refractivity contribution in [1.82, 2.24) is 0 Å². The van der Waals surface area contributed by atoms with Gasteiger partial charge in [-0.15, -0.1) is 0 Å². The molecule has 0 heterocycles. The first-order chi connectivity index (χ1) is 9.60. The molecule has 0 spiro atoms. The van der Waals surface area contributed by atoms with E-state index in [4.69, 9.17) is 14.6 Å². The minimum Gasteiger partial charge on any atom is -0.496 e. The Morgan fingerprint density at radius 2 is 2.00 bits per heavy atom. The van der Waals surface area contributed by atoms with E-state index < -0.39 is 5.97 Å². The second-order valence-electron chi connectivity index (χ2n) is 4.41. The van der Waals surface area contributed by atoms with Gasteiger partial charge in [0.2, 0.25) is 0 Å². The lowest BCUT2D eigenvalue weighted by atomic mass is 10.0. The Kier molecular flexibility index (Phi) is 4.25. The van der Waals surface area contributed by atoms with Crippen LogP contribution in [0.25, 0.3) is 11.1 Å². The third-order valence-corrected chi connectivity index (χ3v) is 2.86. The van der Waals surface area contributed by atoms with Crippen molar-refractivity contribution >= 4 is 5.97 Å². The number of methoxy groups -OCH3 is 1.